The molecule has 0 atom stereocenters. The molecule has 0 aliphatic carbocycles. The molecule has 2 nitrogen and oxygen atoms in total. The third-order valence-electron chi connectivity index (χ3n) is 5.17. The number of para-hydroxylation sites is 1. The zero-order valence-electron chi connectivity index (χ0n) is 15.2. The highest BCUT2D eigenvalue weighted by atomic mass is 16.1. The molecule has 0 fully saturated rings. The Labute approximate surface area is 163 Å². The van der Waals surface area contributed by atoms with Gasteiger partial charge in [0, 0.05) is 16.5 Å². The molecule has 5 aromatic rings. The number of hydrogen-bond donors (Lipinski definition) is 0. The summed E-state index contributed by atoms with van der Waals surface area (Å²) in [6.45, 7) is 0. The predicted octanol–water partition coefficient (Wildman–Crippen LogP) is 6.53. The van der Waals surface area contributed by atoms with Gasteiger partial charge in [0.05, 0.1) is 11.2 Å². The molecule has 0 unspecified atom stereocenters. The van der Waals surface area contributed by atoms with E-state index in [0.717, 1.165) is 50.3 Å². The maximum atomic E-state index is 12.0. The molecule has 132 valence electrons. The molecule has 0 saturated carbocycles. The van der Waals surface area contributed by atoms with Crippen LogP contribution in [0, 0.1) is 0 Å². The molecular weight excluding hydrogens is 342 g/mol. The van der Waals surface area contributed by atoms with E-state index in [9.17, 15) is 4.79 Å². The number of fused-ring (bicyclic) bond motifs is 2. The fourth-order valence-electron chi connectivity index (χ4n) is 3.82. The summed E-state index contributed by atoms with van der Waals surface area (Å²) >= 11 is 0. The van der Waals surface area contributed by atoms with E-state index in [-0.39, 0.29) is 0 Å². The fraction of sp³-hybridized carbons (Fsp3) is 0. The second kappa shape index (κ2) is 6.75. The number of benzene rings is 4. The highest BCUT2D eigenvalue weighted by Crippen LogP contribution is 2.34. The van der Waals surface area contributed by atoms with Crippen LogP contribution in [0.1, 0.15) is 10.4 Å². The Hall–Kier alpha value is -3.78. The molecule has 4 aromatic carbocycles. The van der Waals surface area contributed by atoms with Gasteiger partial charge in [-0.05, 0) is 34.0 Å². The monoisotopic (exact) mass is 359 g/mol. The van der Waals surface area contributed by atoms with Crippen LogP contribution in [-0.4, -0.2) is 11.3 Å². The van der Waals surface area contributed by atoms with Crippen LogP contribution in [0.3, 0.4) is 0 Å². The van der Waals surface area contributed by atoms with Crippen LogP contribution in [0.2, 0.25) is 0 Å². The first-order chi connectivity index (χ1) is 13.8. The van der Waals surface area contributed by atoms with Gasteiger partial charge < -0.3 is 0 Å². The van der Waals surface area contributed by atoms with E-state index >= 15 is 0 Å². The molecule has 0 aliphatic rings. The van der Waals surface area contributed by atoms with E-state index in [2.05, 4.69) is 30.3 Å². The van der Waals surface area contributed by atoms with Crippen LogP contribution in [0.15, 0.2) is 97.1 Å². The molecule has 1 heterocycles. The minimum absolute atomic E-state index is 0.680. The number of pyridine rings is 1. The Kier molecular flexibility index (Phi) is 3.95. The topological polar surface area (TPSA) is 30.0 Å². The average Bonchev–Trinajstić information content (AvgIpc) is 2.78. The lowest BCUT2D eigenvalue weighted by molar-refractivity contribution is 0.112. The number of aromatic nitrogens is 1. The smallest absolute Gasteiger partial charge is 0.151 e. The zero-order chi connectivity index (χ0) is 18.9. The van der Waals surface area contributed by atoms with Crippen molar-refractivity contribution in [1.29, 1.82) is 0 Å². The number of carbonyl (C=O) groups excluding carboxylic acids is 1. The van der Waals surface area contributed by atoms with Crippen molar-refractivity contribution >= 4 is 28.0 Å². The van der Waals surface area contributed by atoms with Crippen LogP contribution in [-0.2, 0) is 0 Å². The van der Waals surface area contributed by atoms with Crippen LogP contribution in [0.25, 0.3) is 44.1 Å². The van der Waals surface area contributed by atoms with Gasteiger partial charge in [0.25, 0.3) is 0 Å². The Morgan fingerprint density at radius 3 is 2.18 bits per heavy atom. The van der Waals surface area contributed by atoms with Crippen LogP contribution in [0.4, 0.5) is 0 Å². The maximum absolute atomic E-state index is 12.0. The number of hydrogen-bond acceptors (Lipinski definition) is 2. The summed E-state index contributed by atoms with van der Waals surface area (Å²) in [5.41, 5.74) is 5.52. The summed E-state index contributed by atoms with van der Waals surface area (Å²) in [7, 11) is 0. The first kappa shape index (κ1) is 16.4. The number of carbonyl (C=O) groups is 1. The van der Waals surface area contributed by atoms with E-state index in [4.69, 9.17) is 4.98 Å². The van der Waals surface area contributed by atoms with Crippen molar-refractivity contribution in [3.8, 4) is 22.4 Å². The first-order valence-corrected chi connectivity index (χ1v) is 9.28. The van der Waals surface area contributed by atoms with E-state index in [1.54, 1.807) is 0 Å². The van der Waals surface area contributed by atoms with Crippen molar-refractivity contribution in [2.75, 3.05) is 0 Å². The lowest BCUT2D eigenvalue weighted by Crippen LogP contribution is -1.94. The number of aldehydes is 1. The van der Waals surface area contributed by atoms with Crippen molar-refractivity contribution in [1.82, 2.24) is 4.98 Å². The molecule has 0 saturated heterocycles. The molecule has 1 aromatic heterocycles. The molecule has 0 spiro atoms. The Bertz CT molecular complexity index is 1320. The van der Waals surface area contributed by atoms with Gasteiger partial charge in [0.1, 0.15) is 0 Å². The van der Waals surface area contributed by atoms with Gasteiger partial charge in [-0.2, -0.15) is 0 Å². The quantitative estimate of drug-likeness (QED) is 0.343. The molecule has 0 amide bonds. The van der Waals surface area contributed by atoms with E-state index in [1.807, 2.05) is 66.7 Å². The van der Waals surface area contributed by atoms with Gasteiger partial charge in [-0.15, -0.1) is 0 Å². The average molecular weight is 359 g/mol. The van der Waals surface area contributed by atoms with E-state index in [0.29, 0.717) is 5.56 Å². The molecule has 0 bridgehead atoms. The Balaban J connectivity index is 1.84. The first-order valence-electron chi connectivity index (χ1n) is 9.28. The lowest BCUT2D eigenvalue weighted by Gasteiger charge is -2.13. The third kappa shape index (κ3) is 2.67. The van der Waals surface area contributed by atoms with Crippen molar-refractivity contribution in [2.24, 2.45) is 0 Å². The molecule has 2 heteroatoms. The zero-order valence-corrected chi connectivity index (χ0v) is 15.2. The van der Waals surface area contributed by atoms with E-state index < -0.39 is 0 Å². The Morgan fingerprint density at radius 1 is 0.643 bits per heavy atom. The fourth-order valence-corrected chi connectivity index (χ4v) is 3.82. The van der Waals surface area contributed by atoms with Gasteiger partial charge in [0.2, 0.25) is 0 Å². The lowest BCUT2D eigenvalue weighted by atomic mass is 9.94. The van der Waals surface area contributed by atoms with Crippen LogP contribution in [0.5, 0.6) is 0 Å². The highest BCUT2D eigenvalue weighted by molar-refractivity contribution is 6.05. The minimum Gasteiger partial charge on any atom is -0.298 e. The largest absolute Gasteiger partial charge is 0.298 e. The normalized spacial score (nSPS) is 11.0. The molecule has 5 rings (SSSR count). The van der Waals surface area contributed by atoms with Crippen LogP contribution >= 0.6 is 0 Å². The molecule has 28 heavy (non-hydrogen) atoms. The van der Waals surface area contributed by atoms with Crippen molar-refractivity contribution in [3.63, 3.8) is 0 Å². The number of rotatable bonds is 3. The van der Waals surface area contributed by atoms with Gasteiger partial charge in [-0.25, -0.2) is 4.98 Å². The van der Waals surface area contributed by atoms with E-state index in [1.165, 1.54) is 0 Å². The molecular formula is C26H17NO. The summed E-state index contributed by atoms with van der Waals surface area (Å²) in [5.74, 6) is 0. The minimum atomic E-state index is 0.680. The summed E-state index contributed by atoms with van der Waals surface area (Å²) in [6.07, 6.45) is 0.941. The van der Waals surface area contributed by atoms with Crippen molar-refractivity contribution in [3.05, 3.63) is 103 Å². The summed E-state index contributed by atoms with van der Waals surface area (Å²) < 4.78 is 0. The highest BCUT2D eigenvalue weighted by Gasteiger charge is 2.13. The van der Waals surface area contributed by atoms with Crippen molar-refractivity contribution in [2.45, 2.75) is 0 Å². The summed E-state index contributed by atoms with van der Waals surface area (Å²) in [4.78, 5) is 16.9. The standard InChI is InChI=1S/C26H17NO/c28-17-24-20-11-5-4-10-19(20)14-15-22(24)26-16-23(18-8-2-1-3-9-18)21-12-6-7-13-25(21)27-26/h1-17H. The number of nitrogens with zero attached hydrogens (tertiary/aromatic N) is 1. The second-order valence-corrected chi connectivity index (χ2v) is 6.80. The SMILES string of the molecule is O=Cc1c(-c2cc(-c3ccccc3)c3ccccc3n2)ccc2ccccc12. The van der Waals surface area contributed by atoms with Gasteiger partial charge in [-0.1, -0.05) is 84.9 Å². The summed E-state index contributed by atoms with van der Waals surface area (Å²) in [5, 5.41) is 3.11. The van der Waals surface area contributed by atoms with Gasteiger partial charge >= 0.3 is 0 Å². The maximum Gasteiger partial charge on any atom is 0.151 e. The van der Waals surface area contributed by atoms with Gasteiger partial charge in [0.15, 0.2) is 6.29 Å². The Morgan fingerprint density at radius 2 is 1.36 bits per heavy atom. The molecule has 0 radical (unpaired) electrons. The molecule has 0 N–H and O–H groups in total. The summed E-state index contributed by atoms with van der Waals surface area (Å²) in [6, 6.07) is 32.5. The third-order valence-corrected chi connectivity index (χ3v) is 5.17. The molecule has 0 aliphatic heterocycles. The van der Waals surface area contributed by atoms with Crippen molar-refractivity contribution < 1.29 is 4.79 Å². The second-order valence-electron chi connectivity index (χ2n) is 6.80. The van der Waals surface area contributed by atoms with Gasteiger partial charge in [-0.3, -0.25) is 4.79 Å². The predicted molar refractivity (Wildman–Crippen MR) is 116 cm³/mol. The van der Waals surface area contributed by atoms with Crippen LogP contribution < -0.4 is 0 Å².